The number of aliphatic carboxylic acids is 1. The number of nitrogens with zero attached hydrogens (tertiary/aromatic N) is 4. The van der Waals surface area contributed by atoms with Gasteiger partial charge in [-0.3, -0.25) is 14.5 Å². The van der Waals surface area contributed by atoms with Crippen molar-refractivity contribution in [3.63, 3.8) is 0 Å². The fourth-order valence-corrected chi connectivity index (χ4v) is 3.49. The lowest BCUT2D eigenvalue weighted by molar-refractivity contribution is -0.192. The summed E-state index contributed by atoms with van der Waals surface area (Å²) in [5, 5.41) is 11.4. The third-order valence-corrected chi connectivity index (χ3v) is 5.25. The molecule has 0 aliphatic carbocycles. The Kier molecular flexibility index (Phi) is 7.66. The Morgan fingerprint density at radius 1 is 0.943 bits per heavy atom. The highest BCUT2D eigenvalue weighted by Gasteiger charge is 2.38. The number of hydrogen-bond donors (Lipinski definition) is 1. The molecule has 3 aromatic rings. The summed E-state index contributed by atoms with van der Waals surface area (Å²) >= 11 is 0. The summed E-state index contributed by atoms with van der Waals surface area (Å²) < 4.78 is 72.3. The van der Waals surface area contributed by atoms with Gasteiger partial charge in [0.25, 0.3) is 0 Å². The van der Waals surface area contributed by atoms with Gasteiger partial charge in [0.15, 0.2) is 0 Å². The Bertz CT molecular complexity index is 1200. The van der Waals surface area contributed by atoms with E-state index in [1.54, 1.807) is 23.0 Å². The SMILES string of the molecule is O=C(Cn1ncc2ncc(-c3cccc(C(F)(F)F)c3)cc21)N1CCCCC1.O=C(O)C(F)(F)F. The molecular weight excluding hydrogens is 482 g/mol. The van der Waals surface area contributed by atoms with Crippen LogP contribution in [0.3, 0.4) is 0 Å². The monoisotopic (exact) mass is 502 g/mol. The number of fused-ring (bicyclic) bond motifs is 1. The van der Waals surface area contributed by atoms with E-state index in [4.69, 9.17) is 9.90 Å². The lowest BCUT2D eigenvalue weighted by Gasteiger charge is -2.26. The molecule has 7 nitrogen and oxygen atoms in total. The first-order valence-corrected chi connectivity index (χ1v) is 10.4. The number of hydrogen-bond acceptors (Lipinski definition) is 4. The summed E-state index contributed by atoms with van der Waals surface area (Å²) in [6.45, 7) is 1.61. The second-order valence-corrected chi connectivity index (χ2v) is 7.75. The van der Waals surface area contributed by atoms with Crippen LogP contribution >= 0.6 is 0 Å². The van der Waals surface area contributed by atoms with Crippen LogP contribution in [-0.2, 0) is 22.3 Å². The van der Waals surface area contributed by atoms with Crippen molar-refractivity contribution in [2.24, 2.45) is 0 Å². The van der Waals surface area contributed by atoms with E-state index in [-0.39, 0.29) is 12.5 Å². The van der Waals surface area contributed by atoms with E-state index in [9.17, 15) is 31.1 Å². The van der Waals surface area contributed by atoms with Crippen molar-refractivity contribution in [1.82, 2.24) is 19.7 Å². The van der Waals surface area contributed by atoms with Crippen LogP contribution in [0.4, 0.5) is 26.3 Å². The number of carboxylic acid groups (broad SMARTS) is 1. The van der Waals surface area contributed by atoms with E-state index in [2.05, 4.69) is 10.1 Å². The standard InChI is InChI=1S/C20H19F3N4O.C2HF3O2/c21-20(22,23)16-6-4-5-14(9-16)15-10-18-17(24-11-15)12-25-27(18)13-19(28)26-7-2-1-3-8-26;3-2(4,5)1(6)7/h4-6,9-12H,1-3,7-8,13H2;(H,6,7). The third-order valence-electron chi connectivity index (χ3n) is 5.25. The molecule has 1 fully saturated rings. The number of pyridine rings is 1. The molecule has 13 heteroatoms. The van der Waals surface area contributed by atoms with Gasteiger partial charge in [-0.15, -0.1) is 0 Å². The number of halogens is 6. The minimum Gasteiger partial charge on any atom is -0.475 e. The fourth-order valence-electron chi connectivity index (χ4n) is 3.49. The van der Waals surface area contributed by atoms with Crippen LogP contribution in [-0.4, -0.2) is 55.9 Å². The second-order valence-electron chi connectivity index (χ2n) is 7.75. The first-order valence-electron chi connectivity index (χ1n) is 10.4. The number of carbonyl (C=O) groups excluding carboxylic acids is 1. The van der Waals surface area contributed by atoms with E-state index in [0.717, 1.165) is 44.5 Å². The first kappa shape index (κ1) is 26.0. The number of carbonyl (C=O) groups is 2. The van der Waals surface area contributed by atoms with Crippen LogP contribution in [0.1, 0.15) is 24.8 Å². The lowest BCUT2D eigenvalue weighted by atomic mass is 10.0. The summed E-state index contributed by atoms with van der Waals surface area (Å²) in [7, 11) is 0. The average molecular weight is 502 g/mol. The van der Waals surface area contributed by atoms with Crippen molar-refractivity contribution in [3.05, 3.63) is 48.3 Å². The van der Waals surface area contributed by atoms with Crippen LogP contribution in [0.5, 0.6) is 0 Å². The Morgan fingerprint density at radius 3 is 2.20 bits per heavy atom. The average Bonchev–Trinajstić information content (AvgIpc) is 3.21. The normalized spacial score (nSPS) is 14.4. The van der Waals surface area contributed by atoms with Gasteiger partial charge in [0.05, 0.1) is 17.3 Å². The van der Waals surface area contributed by atoms with Gasteiger partial charge in [-0.2, -0.15) is 31.4 Å². The van der Waals surface area contributed by atoms with Crippen molar-refractivity contribution in [2.45, 2.75) is 38.2 Å². The largest absolute Gasteiger partial charge is 0.490 e. The van der Waals surface area contributed by atoms with E-state index >= 15 is 0 Å². The maximum Gasteiger partial charge on any atom is 0.490 e. The third kappa shape index (κ3) is 6.70. The minimum atomic E-state index is -5.08. The zero-order valence-corrected chi connectivity index (χ0v) is 18.1. The van der Waals surface area contributed by atoms with E-state index in [1.807, 2.05) is 4.90 Å². The van der Waals surface area contributed by atoms with Gasteiger partial charge in [-0.1, -0.05) is 12.1 Å². The molecule has 0 atom stereocenters. The highest BCUT2D eigenvalue weighted by molar-refractivity contribution is 5.83. The molecule has 1 saturated heterocycles. The molecule has 0 bridgehead atoms. The molecule has 188 valence electrons. The van der Waals surface area contributed by atoms with Gasteiger partial charge in [-0.25, -0.2) is 4.79 Å². The Balaban J connectivity index is 0.000000429. The molecule has 0 spiro atoms. The lowest BCUT2D eigenvalue weighted by Crippen LogP contribution is -2.37. The zero-order valence-electron chi connectivity index (χ0n) is 18.1. The molecule has 1 amide bonds. The smallest absolute Gasteiger partial charge is 0.475 e. The van der Waals surface area contributed by atoms with Crippen molar-refractivity contribution in [3.8, 4) is 11.1 Å². The molecule has 4 rings (SSSR count). The molecule has 0 radical (unpaired) electrons. The highest BCUT2D eigenvalue weighted by atomic mass is 19.4. The van der Waals surface area contributed by atoms with Crippen LogP contribution in [0, 0.1) is 0 Å². The maximum absolute atomic E-state index is 13.0. The molecule has 35 heavy (non-hydrogen) atoms. The van der Waals surface area contributed by atoms with Crippen LogP contribution in [0.2, 0.25) is 0 Å². The van der Waals surface area contributed by atoms with Crippen molar-refractivity contribution in [1.29, 1.82) is 0 Å². The predicted molar refractivity (Wildman–Crippen MR) is 112 cm³/mol. The zero-order chi connectivity index (χ0) is 25.8. The molecule has 0 unspecified atom stereocenters. The van der Waals surface area contributed by atoms with Crippen molar-refractivity contribution >= 4 is 22.9 Å². The molecule has 1 N–H and O–H groups in total. The van der Waals surface area contributed by atoms with Gasteiger partial charge >= 0.3 is 18.3 Å². The number of amides is 1. The molecular formula is C22H20F6N4O3. The molecule has 1 aliphatic rings. The number of benzene rings is 1. The summed E-state index contributed by atoms with van der Waals surface area (Å²) in [4.78, 5) is 27.6. The Labute approximate surface area is 195 Å². The highest BCUT2D eigenvalue weighted by Crippen LogP contribution is 2.32. The van der Waals surface area contributed by atoms with E-state index in [0.29, 0.717) is 22.2 Å². The fraction of sp³-hybridized carbons (Fsp3) is 0.364. The molecule has 1 aliphatic heterocycles. The molecule has 2 aromatic heterocycles. The minimum absolute atomic E-state index is 0.00540. The second kappa shape index (κ2) is 10.3. The maximum atomic E-state index is 13.0. The number of piperidine rings is 1. The molecule has 3 heterocycles. The van der Waals surface area contributed by atoms with Crippen molar-refractivity contribution < 1.29 is 41.0 Å². The van der Waals surface area contributed by atoms with Gasteiger partial charge in [0.1, 0.15) is 12.1 Å². The Hall–Kier alpha value is -3.64. The van der Waals surface area contributed by atoms with Gasteiger partial charge < -0.3 is 10.0 Å². The number of rotatable bonds is 3. The first-order chi connectivity index (χ1) is 16.4. The van der Waals surface area contributed by atoms with E-state index < -0.39 is 23.9 Å². The molecule has 1 aromatic carbocycles. The summed E-state index contributed by atoms with van der Waals surface area (Å²) in [5.74, 6) is -2.76. The van der Waals surface area contributed by atoms with Gasteiger partial charge in [0, 0.05) is 24.8 Å². The predicted octanol–water partition coefficient (Wildman–Crippen LogP) is 4.76. The number of carboxylic acids is 1. The van der Waals surface area contributed by atoms with Gasteiger partial charge in [-0.05, 0) is 43.0 Å². The number of aromatic nitrogens is 3. The van der Waals surface area contributed by atoms with Gasteiger partial charge in [0.2, 0.25) is 5.91 Å². The molecule has 0 saturated carbocycles. The van der Waals surface area contributed by atoms with E-state index in [1.165, 1.54) is 12.3 Å². The van der Waals surface area contributed by atoms with Crippen LogP contribution < -0.4 is 0 Å². The number of alkyl halides is 6. The topological polar surface area (TPSA) is 88.3 Å². The quantitative estimate of drug-likeness (QED) is 0.522. The van der Waals surface area contributed by atoms with Crippen LogP contribution in [0.25, 0.3) is 22.2 Å². The number of likely N-dealkylation sites (tertiary alicyclic amines) is 1. The summed E-state index contributed by atoms with van der Waals surface area (Å²) in [5.41, 5.74) is 1.48. The Morgan fingerprint density at radius 2 is 1.60 bits per heavy atom. The van der Waals surface area contributed by atoms with Crippen molar-refractivity contribution in [2.75, 3.05) is 13.1 Å². The summed E-state index contributed by atoms with van der Waals surface area (Å²) in [6, 6.07) is 6.85. The summed E-state index contributed by atoms with van der Waals surface area (Å²) in [6.07, 6.45) is -3.25. The van der Waals surface area contributed by atoms with Crippen LogP contribution in [0.15, 0.2) is 42.7 Å².